The molecule has 1 unspecified atom stereocenters. The van der Waals surface area contributed by atoms with Gasteiger partial charge in [0.1, 0.15) is 0 Å². The minimum Gasteiger partial charge on any atom is -0.340 e. The lowest BCUT2D eigenvalue weighted by molar-refractivity contribution is -0.135. The number of hydrogen-bond acceptors (Lipinski definition) is 3. The summed E-state index contributed by atoms with van der Waals surface area (Å²) in [5, 5.41) is 3.18. The molecule has 1 aromatic heterocycles. The van der Waals surface area contributed by atoms with Crippen molar-refractivity contribution < 1.29 is 4.79 Å². The lowest BCUT2D eigenvalue weighted by atomic mass is 9.98. The van der Waals surface area contributed by atoms with Crippen LogP contribution in [-0.4, -0.2) is 42.0 Å². The Hall–Kier alpha value is -1.42. The molecular weight excluding hydrogens is 250 g/mol. The Balaban J connectivity index is 1.85. The predicted octanol–water partition coefficient (Wildman–Crippen LogP) is 2.00. The van der Waals surface area contributed by atoms with Crippen LogP contribution in [0.5, 0.6) is 0 Å². The van der Waals surface area contributed by atoms with Crippen LogP contribution < -0.4 is 5.32 Å². The minimum absolute atomic E-state index is 0.288. The number of nitrogens with zero attached hydrogens (tertiary/aromatic N) is 2. The zero-order valence-corrected chi connectivity index (χ0v) is 12.3. The van der Waals surface area contributed by atoms with Crippen LogP contribution in [0, 0.1) is 0 Å². The van der Waals surface area contributed by atoms with Crippen molar-refractivity contribution in [2.24, 2.45) is 0 Å². The molecule has 4 heteroatoms. The average molecular weight is 275 g/mol. The van der Waals surface area contributed by atoms with Crippen LogP contribution in [0.4, 0.5) is 0 Å². The maximum Gasteiger partial charge on any atom is 0.223 e. The van der Waals surface area contributed by atoms with Gasteiger partial charge >= 0.3 is 0 Å². The number of nitrogens with one attached hydrogen (secondary N) is 1. The van der Waals surface area contributed by atoms with Crippen molar-refractivity contribution in [1.82, 2.24) is 15.2 Å². The summed E-state index contributed by atoms with van der Waals surface area (Å²) in [4.78, 5) is 18.8. The number of carbonyl (C=O) groups is 1. The SMILES string of the molecule is CNCCC1CCCCN1C(=O)CCc1ccccn1. The third kappa shape index (κ3) is 4.30. The number of aryl methyl sites for hydroxylation is 1. The molecule has 1 aliphatic heterocycles. The van der Waals surface area contributed by atoms with E-state index in [2.05, 4.69) is 15.2 Å². The number of amides is 1. The first kappa shape index (κ1) is 15.0. The predicted molar refractivity (Wildman–Crippen MR) is 80.5 cm³/mol. The maximum absolute atomic E-state index is 12.4. The summed E-state index contributed by atoms with van der Waals surface area (Å²) in [5.41, 5.74) is 1.00. The Morgan fingerprint density at radius 2 is 2.35 bits per heavy atom. The quantitative estimate of drug-likeness (QED) is 0.863. The van der Waals surface area contributed by atoms with Gasteiger partial charge in [0, 0.05) is 30.9 Å². The standard InChI is InChI=1S/C16H25N3O/c1-17-12-10-15-7-3-5-13-19(15)16(20)9-8-14-6-2-4-11-18-14/h2,4,6,11,15,17H,3,5,7-10,12-13H2,1H3. The van der Waals surface area contributed by atoms with E-state index in [4.69, 9.17) is 0 Å². The highest BCUT2D eigenvalue weighted by atomic mass is 16.2. The number of piperidine rings is 1. The van der Waals surface area contributed by atoms with Crippen LogP contribution >= 0.6 is 0 Å². The molecule has 4 nitrogen and oxygen atoms in total. The topological polar surface area (TPSA) is 45.2 Å². The highest BCUT2D eigenvalue weighted by Crippen LogP contribution is 2.20. The highest BCUT2D eigenvalue weighted by molar-refractivity contribution is 5.76. The Kier molecular flexibility index (Phi) is 5.99. The molecule has 1 saturated heterocycles. The zero-order valence-electron chi connectivity index (χ0n) is 12.3. The van der Waals surface area contributed by atoms with Crippen LogP contribution in [0.2, 0.25) is 0 Å². The summed E-state index contributed by atoms with van der Waals surface area (Å²) in [6, 6.07) is 6.29. The molecule has 1 fully saturated rings. The van der Waals surface area contributed by atoms with E-state index in [9.17, 15) is 4.79 Å². The van der Waals surface area contributed by atoms with Crippen LogP contribution in [0.25, 0.3) is 0 Å². The highest BCUT2D eigenvalue weighted by Gasteiger charge is 2.25. The van der Waals surface area contributed by atoms with E-state index in [1.54, 1.807) is 6.20 Å². The number of likely N-dealkylation sites (tertiary alicyclic amines) is 1. The van der Waals surface area contributed by atoms with E-state index < -0.39 is 0 Å². The molecule has 1 aromatic rings. The minimum atomic E-state index is 0.288. The first-order valence-corrected chi connectivity index (χ1v) is 7.65. The van der Waals surface area contributed by atoms with Crippen LogP contribution in [0.15, 0.2) is 24.4 Å². The van der Waals surface area contributed by atoms with E-state index in [1.165, 1.54) is 6.42 Å². The lowest BCUT2D eigenvalue weighted by Crippen LogP contribution is -2.44. The van der Waals surface area contributed by atoms with Crippen molar-refractivity contribution in [2.45, 2.75) is 44.6 Å². The number of rotatable bonds is 6. The van der Waals surface area contributed by atoms with Crippen molar-refractivity contribution in [3.63, 3.8) is 0 Å². The van der Waals surface area contributed by atoms with E-state index in [0.29, 0.717) is 12.5 Å². The van der Waals surface area contributed by atoms with Gasteiger partial charge in [0.25, 0.3) is 0 Å². The van der Waals surface area contributed by atoms with Crippen LogP contribution in [0.1, 0.15) is 37.8 Å². The van der Waals surface area contributed by atoms with Crippen LogP contribution in [-0.2, 0) is 11.2 Å². The maximum atomic E-state index is 12.4. The van der Waals surface area contributed by atoms with E-state index in [0.717, 1.165) is 44.5 Å². The molecule has 0 spiro atoms. The summed E-state index contributed by atoms with van der Waals surface area (Å²) in [6.45, 7) is 1.91. The van der Waals surface area contributed by atoms with E-state index >= 15 is 0 Å². The Morgan fingerprint density at radius 1 is 1.45 bits per heavy atom. The Labute approximate surface area is 121 Å². The molecule has 1 atom stereocenters. The van der Waals surface area contributed by atoms with Gasteiger partial charge in [-0.25, -0.2) is 0 Å². The summed E-state index contributed by atoms with van der Waals surface area (Å²) in [5.74, 6) is 0.288. The molecule has 20 heavy (non-hydrogen) atoms. The van der Waals surface area contributed by atoms with Gasteiger partial charge in [-0.1, -0.05) is 6.07 Å². The van der Waals surface area contributed by atoms with E-state index in [-0.39, 0.29) is 5.91 Å². The molecule has 1 N–H and O–H groups in total. The summed E-state index contributed by atoms with van der Waals surface area (Å²) in [6.07, 6.45) is 7.71. The number of aromatic nitrogens is 1. The molecule has 0 saturated carbocycles. The second-order valence-electron chi connectivity index (χ2n) is 5.45. The summed E-state index contributed by atoms with van der Waals surface area (Å²) in [7, 11) is 1.97. The fraction of sp³-hybridized carbons (Fsp3) is 0.625. The molecule has 0 aliphatic carbocycles. The smallest absolute Gasteiger partial charge is 0.223 e. The fourth-order valence-corrected chi connectivity index (χ4v) is 2.86. The molecule has 0 bridgehead atoms. The summed E-state index contributed by atoms with van der Waals surface area (Å²) >= 11 is 0. The van der Waals surface area contributed by atoms with Crippen molar-refractivity contribution in [3.05, 3.63) is 30.1 Å². The van der Waals surface area contributed by atoms with E-state index in [1.807, 2.05) is 25.2 Å². The van der Waals surface area contributed by atoms with Crippen molar-refractivity contribution in [2.75, 3.05) is 20.1 Å². The first-order valence-electron chi connectivity index (χ1n) is 7.65. The van der Waals surface area contributed by atoms with Crippen LogP contribution in [0.3, 0.4) is 0 Å². The van der Waals surface area contributed by atoms with Crippen molar-refractivity contribution in [3.8, 4) is 0 Å². The van der Waals surface area contributed by atoms with Gasteiger partial charge in [0.05, 0.1) is 0 Å². The number of hydrogen-bond donors (Lipinski definition) is 1. The lowest BCUT2D eigenvalue weighted by Gasteiger charge is -2.36. The third-order valence-corrected chi connectivity index (χ3v) is 4.00. The second-order valence-corrected chi connectivity index (χ2v) is 5.45. The van der Waals surface area contributed by atoms with Gasteiger partial charge in [-0.2, -0.15) is 0 Å². The zero-order chi connectivity index (χ0) is 14.2. The van der Waals surface area contributed by atoms with Gasteiger partial charge in [0.15, 0.2) is 0 Å². The fourth-order valence-electron chi connectivity index (χ4n) is 2.86. The van der Waals surface area contributed by atoms with Gasteiger partial charge in [-0.15, -0.1) is 0 Å². The Bertz CT molecular complexity index is 407. The first-order chi connectivity index (χ1) is 9.81. The number of carbonyl (C=O) groups excluding carboxylic acids is 1. The largest absolute Gasteiger partial charge is 0.340 e. The molecule has 2 heterocycles. The van der Waals surface area contributed by atoms with Gasteiger partial charge in [-0.3, -0.25) is 9.78 Å². The monoisotopic (exact) mass is 275 g/mol. The van der Waals surface area contributed by atoms with Crippen molar-refractivity contribution in [1.29, 1.82) is 0 Å². The summed E-state index contributed by atoms with van der Waals surface area (Å²) < 4.78 is 0. The molecule has 0 aromatic carbocycles. The average Bonchev–Trinajstić information content (AvgIpc) is 2.52. The molecular formula is C16H25N3O. The third-order valence-electron chi connectivity index (χ3n) is 4.00. The molecule has 2 rings (SSSR count). The second kappa shape index (κ2) is 8.00. The van der Waals surface area contributed by atoms with Gasteiger partial charge in [-0.05, 0) is 57.8 Å². The molecule has 1 aliphatic rings. The number of pyridine rings is 1. The molecule has 1 amide bonds. The molecule has 110 valence electrons. The van der Waals surface area contributed by atoms with Gasteiger partial charge in [0.2, 0.25) is 5.91 Å². The molecule has 0 radical (unpaired) electrons. The Morgan fingerprint density at radius 3 is 3.10 bits per heavy atom. The normalized spacial score (nSPS) is 19.1. The van der Waals surface area contributed by atoms with Crippen molar-refractivity contribution >= 4 is 5.91 Å². The van der Waals surface area contributed by atoms with Gasteiger partial charge < -0.3 is 10.2 Å².